The van der Waals surface area contributed by atoms with Crippen molar-refractivity contribution in [1.29, 1.82) is 0 Å². The van der Waals surface area contributed by atoms with Crippen LogP contribution < -0.4 is 5.43 Å². The fourth-order valence-corrected chi connectivity index (χ4v) is 2.52. The number of hydrogen-bond acceptors (Lipinski definition) is 2. The first kappa shape index (κ1) is 12.8. The van der Waals surface area contributed by atoms with Gasteiger partial charge in [-0.2, -0.15) is 0 Å². The first-order valence-corrected chi connectivity index (χ1v) is 6.42. The molecule has 0 fully saturated rings. The summed E-state index contributed by atoms with van der Waals surface area (Å²) in [5, 5.41) is 1.00. The lowest BCUT2D eigenvalue weighted by atomic mass is 10.1. The molecule has 0 N–H and O–H groups in total. The summed E-state index contributed by atoms with van der Waals surface area (Å²) >= 11 is 0. The molecule has 0 aliphatic heterocycles. The van der Waals surface area contributed by atoms with E-state index in [-0.39, 0.29) is 5.43 Å². The minimum absolute atomic E-state index is 0.135. The van der Waals surface area contributed by atoms with E-state index in [1.54, 1.807) is 19.2 Å². The largest absolute Gasteiger partial charge is 0.383 e. The summed E-state index contributed by atoms with van der Waals surface area (Å²) < 4.78 is 20.5. The molecule has 0 aliphatic carbocycles. The smallest absolute Gasteiger partial charge is 0.197 e. The molecule has 20 heavy (non-hydrogen) atoms. The number of benzene rings is 2. The van der Waals surface area contributed by atoms with Crippen LogP contribution in [0.25, 0.3) is 21.8 Å². The van der Waals surface area contributed by atoms with E-state index in [1.807, 2.05) is 22.8 Å². The van der Waals surface area contributed by atoms with E-state index in [2.05, 4.69) is 0 Å². The standard InChI is InChI=1S/C16H14FNO2/c1-20-9-8-18-14-5-3-2-4-12(14)16(19)13-10-11(17)6-7-15(13)18/h2-7,10H,8-9H2,1H3. The van der Waals surface area contributed by atoms with Gasteiger partial charge >= 0.3 is 0 Å². The summed E-state index contributed by atoms with van der Waals surface area (Å²) in [6.07, 6.45) is 0. The molecule has 1 aromatic heterocycles. The van der Waals surface area contributed by atoms with Crippen LogP contribution in [-0.4, -0.2) is 18.3 Å². The number of rotatable bonds is 3. The molecule has 3 aromatic rings. The van der Waals surface area contributed by atoms with Gasteiger partial charge in [0.1, 0.15) is 5.82 Å². The molecule has 3 rings (SSSR count). The molecule has 0 atom stereocenters. The molecule has 2 aromatic carbocycles. The van der Waals surface area contributed by atoms with Crippen molar-refractivity contribution in [1.82, 2.24) is 4.57 Å². The lowest BCUT2D eigenvalue weighted by molar-refractivity contribution is 0.189. The quantitative estimate of drug-likeness (QED) is 0.686. The highest BCUT2D eigenvalue weighted by Crippen LogP contribution is 2.19. The molecular formula is C16H14FNO2. The average Bonchev–Trinajstić information content (AvgIpc) is 2.48. The second-order valence-electron chi connectivity index (χ2n) is 4.65. The fraction of sp³-hybridized carbons (Fsp3) is 0.188. The molecule has 0 aliphatic rings. The van der Waals surface area contributed by atoms with E-state index >= 15 is 0 Å². The van der Waals surface area contributed by atoms with Crippen molar-refractivity contribution < 1.29 is 9.13 Å². The zero-order chi connectivity index (χ0) is 14.1. The third-order valence-corrected chi connectivity index (χ3v) is 3.45. The predicted molar refractivity (Wildman–Crippen MR) is 77.5 cm³/mol. The normalized spacial score (nSPS) is 11.3. The maximum absolute atomic E-state index is 13.4. The molecule has 0 saturated heterocycles. The molecule has 0 radical (unpaired) electrons. The van der Waals surface area contributed by atoms with Gasteiger partial charge < -0.3 is 9.30 Å². The van der Waals surface area contributed by atoms with Crippen molar-refractivity contribution in [2.75, 3.05) is 13.7 Å². The first-order valence-electron chi connectivity index (χ1n) is 6.42. The van der Waals surface area contributed by atoms with E-state index in [1.165, 1.54) is 12.1 Å². The highest BCUT2D eigenvalue weighted by atomic mass is 19.1. The summed E-state index contributed by atoms with van der Waals surface area (Å²) in [4.78, 5) is 12.5. The monoisotopic (exact) mass is 271 g/mol. The Morgan fingerprint density at radius 1 is 1.10 bits per heavy atom. The number of methoxy groups -OCH3 is 1. The molecule has 0 saturated carbocycles. The number of hydrogen-bond donors (Lipinski definition) is 0. The zero-order valence-electron chi connectivity index (χ0n) is 11.1. The highest BCUT2D eigenvalue weighted by molar-refractivity contribution is 5.93. The Balaban J connectivity index is 2.46. The minimum atomic E-state index is -0.400. The van der Waals surface area contributed by atoms with Crippen molar-refractivity contribution in [3.63, 3.8) is 0 Å². The number of fused-ring (bicyclic) bond motifs is 2. The molecular weight excluding hydrogens is 257 g/mol. The van der Waals surface area contributed by atoms with Gasteiger partial charge in [-0.05, 0) is 30.3 Å². The zero-order valence-corrected chi connectivity index (χ0v) is 11.1. The summed E-state index contributed by atoms with van der Waals surface area (Å²) in [5.41, 5.74) is 1.43. The number of ether oxygens (including phenoxy) is 1. The summed E-state index contributed by atoms with van der Waals surface area (Å²) in [6, 6.07) is 11.7. The Morgan fingerprint density at radius 2 is 1.85 bits per heavy atom. The second kappa shape index (κ2) is 5.06. The van der Waals surface area contributed by atoms with Crippen molar-refractivity contribution in [3.05, 3.63) is 58.5 Å². The van der Waals surface area contributed by atoms with Gasteiger partial charge in [0.25, 0.3) is 0 Å². The van der Waals surface area contributed by atoms with Gasteiger partial charge in [0.15, 0.2) is 5.43 Å². The SMILES string of the molecule is COCCn1c2ccccc2c(=O)c2cc(F)ccc21. The molecule has 0 spiro atoms. The van der Waals surface area contributed by atoms with Crippen molar-refractivity contribution in [2.24, 2.45) is 0 Å². The maximum Gasteiger partial charge on any atom is 0.197 e. The fourth-order valence-electron chi connectivity index (χ4n) is 2.52. The van der Waals surface area contributed by atoms with E-state index in [0.717, 1.165) is 11.0 Å². The Kier molecular flexibility index (Phi) is 3.24. The number of para-hydroxylation sites is 1. The lowest BCUT2D eigenvalue weighted by Crippen LogP contribution is -2.14. The van der Waals surface area contributed by atoms with Crippen molar-refractivity contribution in [3.8, 4) is 0 Å². The number of halogens is 1. The van der Waals surface area contributed by atoms with Crippen LogP contribution in [-0.2, 0) is 11.3 Å². The Morgan fingerprint density at radius 3 is 2.65 bits per heavy atom. The molecule has 0 unspecified atom stereocenters. The van der Waals surface area contributed by atoms with Crippen LogP contribution in [0.5, 0.6) is 0 Å². The Bertz CT molecular complexity index is 839. The number of aromatic nitrogens is 1. The number of pyridine rings is 1. The second-order valence-corrected chi connectivity index (χ2v) is 4.65. The summed E-state index contributed by atoms with van der Waals surface area (Å²) in [5.74, 6) is -0.400. The average molecular weight is 271 g/mol. The molecule has 1 heterocycles. The number of nitrogens with zero attached hydrogens (tertiary/aromatic N) is 1. The van der Waals surface area contributed by atoms with E-state index in [0.29, 0.717) is 23.9 Å². The van der Waals surface area contributed by atoms with Crippen LogP contribution in [0.4, 0.5) is 4.39 Å². The van der Waals surface area contributed by atoms with Gasteiger partial charge in [-0.1, -0.05) is 12.1 Å². The third-order valence-electron chi connectivity index (χ3n) is 3.45. The van der Waals surface area contributed by atoms with E-state index in [9.17, 15) is 9.18 Å². The van der Waals surface area contributed by atoms with Crippen LogP contribution in [0.2, 0.25) is 0 Å². The summed E-state index contributed by atoms with van der Waals surface area (Å²) in [7, 11) is 1.63. The van der Waals surface area contributed by atoms with Gasteiger partial charge in [0, 0.05) is 24.4 Å². The van der Waals surface area contributed by atoms with Crippen LogP contribution in [0.1, 0.15) is 0 Å². The van der Waals surface area contributed by atoms with Crippen LogP contribution in [0.3, 0.4) is 0 Å². The Labute approximate surface area is 115 Å². The van der Waals surface area contributed by atoms with Gasteiger partial charge in [-0.25, -0.2) is 4.39 Å². The minimum Gasteiger partial charge on any atom is -0.383 e. The van der Waals surface area contributed by atoms with Crippen molar-refractivity contribution in [2.45, 2.75) is 6.54 Å². The topological polar surface area (TPSA) is 31.2 Å². The molecule has 0 amide bonds. The van der Waals surface area contributed by atoms with Crippen LogP contribution >= 0.6 is 0 Å². The predicted octanol–water partition coefficient (Wildman–Crippen LogP) is 2.94. The Hall–Kier alpha value is -2.20. The molecule has 4 heteroatoms. The summed E-state index contributed by atoms with van der Waals surface area (Å²) in [6.45, 7) is 1.14. The van der Waals surface area contributed by atoms with Crippen molar-refractivity contribution >= 4 is 21.8 Å². The van der Waals surface area contributed by atoms with E-state index in [4.69, 9.17) is 4.74 Å². The van der Waals surface area contributed by atoms with Crippen LogP contribution in [0.15, 0.2) is 47.3 Å². The molecule has 102 valence electrons. The third kappa shape index (κ3) is 1.98. The van der Waals surface area contributed by atoms with Gasteiger partial charge in [-0.3, -0.25) is 4.79 Å². The van der Waals surface area contributed by atoms with Crippen LogP contribution in [0, 0.1) is 5.82 Å². The lowest BCUT2D eigenvalue weighted by Gasteiger charge is -2.14. The highest BCUT2D eigenvalue weighted by Gasteiger charge is 2.10. The van der Waals surface area contributed by atoms with E-state index < -0.39 is 5.82 Å². The molecule has 0 bridgehead atoms. The van der Waals surface area contributed by atoms with Gasteiger partial charge in [0.2, 0.25) is 0 Å². The maximum atomic E-state index is 13.4. The van der Waals surface area contributed by atoms with Gasteiger partial charge in [-0.15, -0.1) is 0 Å². The van der Waals surface area contributed by atoms with Gasteiger partial charge in [0.05, 0.1) is 17.6 Å². The molecule has 3 nitrogen and oxygen atoms in total. The first-order chi connectivity index (χ1) is 9.72.